The second-order valence-electron chi connectivity index (χ2n) is 8.28. The van der Waals surface area contributed by atoms with Crippen LogP contribution in [-0.4, -0.2) is 61.1 Å². The molecule has 0 bridgehead atoms. The van der Waals surface area contributed by atoms with E-state index in [0.717, 1.165) is 56.8 Å². The molecule has 0 aromatic carbocycles. The number of ether oxygens (including phenoxy) is 1. The van der Waals surface area contributed by atoms with Gasteiger partial charge in [0.05, 0.1) is 18.7 Å². The average Bonchev–Trinajstić information content (AvgIpc) is 3.11. The lowest BCUT2D eigenvalue weighted by atomic mass is 9.88. The standard InChI is InChI=1S/C23H30N4O3S/c1-3-30-23(29)21-17-8-7-16(2)14-18(17)31-22(21)25-20(28)15-26-10-12-27(13-11-26)19-6-4-5-9-24-19/h4-6,9,16H,3,7-8,10-15H2,1-2H3,(H,25,28). The molecule has 4 rings (SSSR count). The number of piperazine rings is 1. The third-order valence-corrected chi connectivity index (χ3v) is 7.13. The third kappa shape index (κ3) is 5.07. The molecule has 1 saturated heterocycles. The minimum absolute atomic E-state index is 0.0801. The van der Waals surface area contributed by atoms with Crippen molar-refractivity contribution in [3.63, 3.8) is 0 Å². The molecule has 0 radical (unpaired) electrons. The summed E-state index contributed by atoms with van der Waals surface area (Å²) >= 11 is 1.54. The fourth-order valence-electron chi connectivity index (χ4n) is 4.30. The zero-order valence-electron chi connectivity index (χ0n) is 18.2. The Morgan fingerprint density at radius 1 is 1.26 bits per heavy atom. The predicted molar refractivity (Wildman–Crippen MR) is 123 cm³/mol. The average molecular weight is 443 g/mol. The summed E-state index contributed by atoms with van der Waals surface area (Å²) in [6.07, 6.45) is 4.69. The Morgan fingerprint density at radius 2 is 2.06 bits per heavy atom. The van der Waals surface area contributed by atoms with Gasteiger partial charge in [-0.25, -0.2) is 9.78 Å². The first-order valence-corrected chi connectivity index (χ1v) is 11.9. The number of hydrogen-bond donors (Lipinski definition) is 1. The van der Waals surface area contributed by atoms with Crippen molar-refractivity contribution >= 4 is 34.0 Å². The van der Waals surface area contributed by atoms with Crippen LogP contribution in [0.4, 0.5) is 10.8 Å². The van der Waals surface area contributed by atoms with Gasteiger partial charge < -0.3 is 15.0 Å². The van der Waals surface area contributed by atoms with Crippen molar-refractivity contribution in [2.24, 2.45) is 5.92 Å². The van der Waals surface area contributed by atoms with Crippen LogP contribution in [0.2, 0.25) is 0 Å². The van der Waals surface area contributed by atoms with Crippen molar-refractivity contribution < 1.29 is 14.3 Å². The highest BCUT2D eigenvalue weighted by Crippen LogP contribution is 2.40. The first kappa shape index (κ1) is 21.8. The summed E-state index contributed by atoms with van der Waals surface area (Å²) < 4.78 is 5.30. The van der Waals surface area contributed by atoms with E-state index in [4.69, 9.17) is 4.74 Å². The van der Waals surface area contributed by atoms with E-state index in [1.165, 1.54) is 4.88 Å². The van der Waals surface area contributed by atoms with Gasteiger partial charge in [0.1, 0.15) is 10.8 Å². The van der Waals surface area contributed by atoms with Gasteiger partial charge in [-0.05, 0) is 49.8 Å². The van der Waals surface area contributed by atoms with Crippen LogP contribution >= 0.6 is 11.3 Å². The highest BCUT2D eigenvalue weighted by atomic mass is 32.1. The Kier molecular flexibility index (Phi) is 6.87. The molecule has 0 spiro atoms. The molecule has 2 aliphatic rings. The van der Waals surface area contributed by atoms with Crippen LogP contribution in [0.1, 0.15) is 41.1 Å². The van der Waals surface area contributed by atoms with Crippen molar-refractivity contribution in [1.29, 1.82) is 0 Å². The van der Waals surface area contributed by atoms with Gasteiger partial charge in [-0.1, -0.05) is 13.0 Å². The fraction of sp³-hybridized carbons (Fsp3) is 0.522. The number of nitrogens with zero attached hydrogens (tertiary/aromatic N) is 3. The van der Waals surface area contributed by atoms with Crippen molar-refractivity contribution in [2.45, 2.75) is 33.1 Å². The van der Waals surface area contributed by atoms with E-state index in [9.17, 15) is 9.59 Å². The number of carbonyl (C=O) groups is 2. The quantitative estimate of drug-likeness (QED) is 0.693. The minimum atomic E-state index is -0.325. The number of amides is 1. The molecule has 31 heavy (non-hydrogen) atoms. The van der Waals surface area contributed by atoms with E-state index in [2.05, 4.69) is 27.0 Å². The van der Waals surface area contributed by atoms with Crippen molar-refractivity contribution in [1.82, 2.24) is 9.88 Å². The molecule has 1 fully saturated rings. The number of fused-ring (bicyclic) bond motifs is 1. The maximum absolute atomic E-state index is 12.8. The summed E-state index contributed by atoms with van der Waals surface area (Å²) in [5.41, 5.74) is 1.64. The van der Waals surface area contributed by atoms with Crippen LogP contribution in [0.25, 0.3) is 0 Å². The molecule has 1 N–H and O–H groups in total. The number of aromatic nitrogens is 1. The van der Waals surface area contributed by atoms with Crippen LogP contribution in [0.3, 0.4) is 0 Å². The van der Waals surface area contributed by atoms with E-state index >= 15 is 0 Å². The highest BCUT2D eigenvalue weighted by Gasteiger charge is 2.29. The lowest BCUT2D eigenvalue weighted by Crippen LogP contribution is -2.48. The first-order valence-electron chi connectivity index (χ1n) is 11.0. The summed E-state index contributed by atoms with van der Waals surface area (Å²) in [7, 11) is 0. The van der Waals surface area contributed by atoms with Gasteiger partial charge in [0, 0.05) is 37.3 Å². The predicted octanol–water partition coefficient (Wildman–Crippen LogP) is 3.21. The number of rotatable bonds is 6. The number of hydrogen-bond acceptors (Lipinski definition) is 7. The molecule has 0 saturated carbocycles. The summed E-state index contributed by atoms with van der Waals surface area (Å²) in [5, 5.41) is 3.67. The Hall–Kier alpha value is -2.45. The maximum atomic E-state index is 12.8. The number of anilines is 2. The Balaban J connectivity index is 1.39. The Morgan fingerprint density at radius 3 is 2.77 bits per heavy atom. The largest absolute Gasteiger partial charge is 0.462 e. The lowest BCUT2D eigenvalue weighted by Gasteiger charge is -2.34. The summed E-state index contributed by atoms with van der Waals surface area (Å²) in [6.45, 7) is 7.95. The highest BCUT2D eigenvalue weighted by molar-refractivity contribution is 7.17. The molecule has 3 heterocycles. The molecule has 1 unspecified atom stereocenters. The molecular weight excluding hydrogens is 412 g/mol. The van der Waals surface area contributed by atoms with Crippen molar-refractivity contribution in [2.75, 3.05) is 49.5 Å². The van der Waals surface area contributed by atoms with Gasteiger partial charge >= 0.3 is 5.97 Å². The SMILES string of the molecule is CCOC(=O)c1c(NC(=O)CN2CCN(c3ccccn3)CC2)sc2c1CCC(C)C2. The van der Waals surface area contributed by atoms with Gasteiger partial charge in [-0.15, -0.1) is 11.3 Å². The van der Waals surface area contributed by atoms with Crippen LogP contribution in [0.5, 0.6) is 0 Å². The van der Waals surface area contributed by atoms with Crippen LogP contribution < -0.4 is 10.2 Å². The number of carbonyl (C=O) groups excluding carboxylic acids is 2. The Labute approximate surface area is 187 Å². The van der Waals surface area contributed by atoms with Crippen LogP contribution in [-0.2, 0) is 22.4 Å². The number of thiophene rings is 1. The second-order valence-corrected chi connectivity index (χ2v) is 9.38. The second kappa shape index (κ2) is 9.78. The first-order chi connectivity index (χ1) is 15.0. The topological polar surface area (TPSA) is 74.8 Å². The van der Waals surface area contributed by atoms with E-state index in [0.29, 0.717) is 29.6 Å². The summed E-state index contributed by atoms with van der Waals surface area (Å²) in [5.74, 6) is 1.17. The molecule has 1 atom stereocenters. The molecule has 166 valence electrons. The monoisotopic (exact) mass is 442 g/mol. The fourth-order valence-corrected chi connectivity index (χ4v) is 5.72. The van der Waals surface area contributed by atoms with E-state index in [1.54, 1.807) is 17.5 Å². The zero-order valence-corrected chi connectivity index (χ0v) is 19.0. The number of nitrogens with one attached hydrogen (secondary N) is 1. The third-order valence-electron chi connectivity index (χ3n) is 5.96. The van der Waals surface area contributed by atoms with Crippen molar-refractivity contribution in [3.05, 3.63) is 40.4 Å². The molecule has 2 aromatic heterocycles. The van der Waals surface area contributed by atoms with E-state index < -0.39 is 0 Å². The maximum Gasteiger partial charge on any atom is 0.341 e. The zero-order chi connectivity index (χ0) is 21.8. The number of pyridine rings is 1. The molecule has 1 amide bonds. The molecule has 1 aliphatic heterocycles. The van der Waals surface area contributed by atoms with Crippen molar-refractivity contribution in [3.8, 4) is 0 Å². The van der Waals surface area contributed by atoms with Crippen LogP contribution in [0.15, 0.2) is 24.4 Å². The molecule has 8 heteroatoms. The van der Waals surface area contributed by atoms with Gasteiger partial charge in [0.2, 0.25) is 5.91 Å². The normalized spacial score (nSPS) is 19.0. The Bertz CT molecular complexity index is 922. The summed E-state index contributed by atoms with van der Waals surface area (Å²) in [6, 6.07) is 5.92. The van der Waals surface area contributed by atoms with Gasteiger partial charge in [-0.3, -0.25) is 9.69 Å². The van der Waals surface area contributed by atoms with E-state index in [1.807, 2.05) is 25.1 Å². The van der Waals surface area contributed by atoms with Gasteiger partial charge in [0.25, 0.3) is 0 Å². The van der Waals surface area contributed by atoms with Gasteiger partial charge in [0.15, 0.2) is 0 Å². The smallest absolute Gasteiger partial charge is 0.341 e. The molecular formula is C23H30N4O3S. The lowest BCUT2D eigenvalue weighted by molar-refractivity contribution is -0.117. The summed E-state index contributed by atoms with van der Waals surface area (Å²) in [4.78, 5) is 35.5. The van der Waals surface area contributed by atoms with E-state index in [-0.39, 0.29) is 11.9 Å². The number of esters is 1. The minimum Gasteiger partial charge on any atom is -0.462 e. The molecule has 7 nitrogen and oxygen atoms in total. The van der Waals surface area contributed by atoms with Gasteiger partial charge in [-0.2, -0.15) is 0 Å². The van der Waals surface area contributed by atoms with Crippen LogP contribution in [0, 0.1) is 5.92 Å². The molecule has 1 aliphatic carbocycles. The molecule has 2 aromatic rings.